The maximum atomic E-state index is 11.6. The Morgan fingerprint density at radius 3 is 2.47 bits per heavy atom. The Labute approximate surface area is 99.2 Å². The molecule has 3 N–H and O–H groups in total. The average Bonchev–Trinajstić information content (AvgIpc) is 3.07. The van der Waals surface area contributed by atoms with Crippen molar-refractivity contribution in [2.24, 2.45) is 5.92 Å². The number of nitrogens with zero attached hydrogens (tertiary/aromatic N) is 1. The molecule has 0 unspecified atom stereocenters. The Bertz CT molecular complexity index is 315. The van der Waals surface area contributed by atoms with Crippen LogP contribution in [0.25, 0.3) is 0 Å². The molecule has 0 heterocycles. The largest absolute Gasteiger partial charge is 0.480 e. The number of rotatable bonds is 6. The molecule has 0 aromatic heterocycles. The summed E-state index contributed by atoms with van der Waals surface area (Å²) >= 11 is 0. The maximum absolute atomic E-state index is 11.6. The molecule has 0 aromatic carbocycles. The molecule has 96 valence electrons. The molecule has 0 aromatic rings. The van der Waals surface area contributed by atoms with Crippen LogP contribution in [0.4, 0.5) is 4.79 Å². The fourth-order valence-electron chi connectivity index (χ4n) is 1.35. The van der Waals surface area contributed by atoms with Crippen molar-refractivity contribution in [2.45, 2.75) is 12.8 Å². The Hall–Kier alpha value is -1.79. The molecule has 0 saturated heterocycles. The molecule has 0 spiro atoms. The zero-order valence-electron chi connectivity index (χ0n) is 9.73. The molecule has 1 rings (SSSR count). The number of hydrogen-bond donors (Lipinski definition) is 3. The molecule has 1 fully saturated rings. The van der Waals surface area contributed by atoms with Gasteiger partial charge >= 0.3 is 12.0 Å². The van der Waals surface area contributed by atoms with Gasteiger partial charge in [0, 0.05) is 13.6 Å². The molecule has 0 radical (unpaired) electrons. The molecule has 0 atom stereocenters. The summed E-state index contributed by atoms with van der Waals surface area (Å²) in [6, 6.07) is -0.511. The average molecular weight is 243 g/mol. The Balaban J connectivity index is 2.40. The van der Waals surface area contributed by atoms with Gasteiger partial charge in [-0.3, -0.25) is 9.59 Å². The van der Waals surface area contributed by atoms with Gasteiger partial charge in [-0.05, 0) is 18.8 Å². The normalized spacial score (nSPS) is 13.9. The topological polar surface area (TPSA) is 98.7 Å². The second-order valence-corrected chi connectivity index (χ2v) is 4.05. The molecule has 3 amide bonds. The van der Waals surface area contributed by atoms with E-state index in [1.54, 1.807) is 0 Å². The minimum Gasteiger partial charge on any atom is -0.480 e. The smallest absolute Gasteiger partial charge is 0.323 e. The number of likely N-dealkylation sites (N-methyl/N-ethyl adjacent to an activating group) is 1. The van der Waals surface area contributed by atoms with Crippen molar-refractivity contribution in [3.63, 3.8) is 0 Å². The van der Waals surface area contributed by atoms with Gasteiger partial charge in [0.25, 0.3) is 0 Å². The fourth-order valence-corrected chi connectivity index (χ4v) is 1.35. The van der Waals surface area contributed by atoms with E-state index < -0.39 is 12.0 Å². The number of carboxylic acids is 1. The number of amides is 3. The highest BCUT2D eigenvalue weighted by atomic mass is 16.4. The lowest BCUT2D eigenvalue weighted by molar-refractivity contribution is -0.137. The number of carbonyl (C=O) groups excluding carboxylic acids is 2. The van der Waals surface area contributed by atoms with Gasteiger partial charge in [-0.15, -0.1) is 0 Å². The molecule has 1 aliphatic carbocycles. The molecule has 17 heavy (non-hydrogen) atoms. The first-order valence-electron chi connectivity index (χ1n) is 5.48. The van der Waals surface area contributed by atoms with Crippen LogP contribution in [0.15, 0.2) is 0 Å². The maximum Gasteiger partial charge on any atom is 0.323 e. The van der Waals surface area contributed by atoms with Gasteiger partial charge in [-0.25, -0.2) is 4.79 Å². The molecule has 1 saturated carbocycles. The highest BCUT2D eigenvalue weighted by molar-refractivity contribution is 5.85. The van der Waals surface area contributed by atoms with E-state index in [1.165, 1.54) is 11.9 Å². The summed E-state index contributed by atoms with van der Waals surface area (Å²) in [6.07, 6.45) is 2.05. The number of nitrogens with one attached hydrogen (secondary N) is 2. The molecule has 0 aliphatic heterocycles. The summed E-state index contributed by atoms with van der Waals surface area (Å²) < 4.78 is 0. The third-order valence-corrected chi connectivity index (χ3v) is 2.47. The number of urea groups is 1. The second-order valence-electron chi connectivity index (χ2n) is 4.05. The van der Waals surface area contributed by atoms with Gasteiger partial charge in [0.1, 0.15) is 6.54 Å². The van der Waals surface area contributed by atoms with Crippen LogP contribution in [0.2, 0.25) is 0 Å². The minimum absolute atomic E-state index is 0.143. The van der Waals surface area contributed by atoms with Crippen molar-refractivity contribution in [1.82, 2.24) is 15.5 Å². The number of aliphatic carboxylic acids is 1. The highest BCUT2D eigenvalue weighted by Gasteiger charge is 2.27. The first-order chi connectivity index (χ1) is 8.02. The predicted octanol–water partition coefficient (Wildman–Crippen LogP) is -0.761. The summed E-state index contributed by atoms with van der Waals surface area (Å²) in [6.45, 7) is -0.0436. The summed E-state index contributed by atoms with van der Waals surface area (Å²) in [5.74, 6) is -0.971. The van der Waals surface area contributed by atoms with Crippen LogP contribution < -0.4 is 10.6 Å². The fraction of sp³-hybridized carbons (Fsp3) is 0.700. The van der Waals surface area contributed by atoms with Gasteiger partial charge in [0.2, 0.25) is 5.91 Å². The summed E-state index contributed by atoms with van der Waals surface area (Å²) in [5.41, 5.74) is 0. The molecule has 7 heteroatoms. The van der Waals surface area contributed by atoms with E-state index in [1.807, 2.05) is 0 Å². The summed E-state index contributed by atoms with van der Waals surface area (Å²) in [5, 5.41) is 13.4. The van der Waals surface area contributed by atoms with Gasteiger partial charge in [0.05, 0.1) is 6.54 Å². The zero-order chi connectivity index (χ0) is 12.8. The quantitative estimate of drug-likeness (QED) is 0.571. The van der Waals surface area contributed by atoms with E-state index in [9.17, 15) is 14.4 Å². The minimum atomic E-state index is -1.05. The lowest BCUT2D eigenvalue weighted by atomic mass is 10.3. The van der Waals surface area contributed by atoms with Gasteiger partial charge in [-0.2, -0.15) is 0 Å². The molecule has 7 nitrogen and oxygen atoms in total. The van der Waals surface area contributed by atoms with Crippen LogP contribution in [0.3, 0.4) is 0 Å². The summed E-state index contributed by atoms with van der Waals surface area (Å²) in [7, 11) is 1.47. The molecule has 0 bridgehead atoms. The Morgan fingerprint density at radius 1 is 1.35 bits per heavy atom. The van der Waals surface area contributed by atoms with E-state index in [0.29, 0.717) is 12.5 Å². The van der Waals surface area contributed by atoms with Crippen molar-refractivity contribution in [1.29, 1.82) is 0 Å². The lowest BCUT2D eigenvalue weighted by Gasteiger charge is -2.20. The monoisotopic (exact) mass is 243 g/mol. The Morgan fingerprint density at radius 2 is 2.00 bits per heavy atom. The van der Waals surface area contributed by atoms with Crippen molar-refractivity contribution >= 4 is 17.9 Å². The number of hydrogen-bond acceptors (Lipinski definition) is 3. The lowest BCUT2D eigenvalue weighted by Crippen LogP contribution is -2.46. The highest BCUT2D eigenvalue weighted by Crippen LogP contribution is 2.29. The van der Waals surface area contributed by atoms with E-state index >= 15 is 0 Å². The van der Waals surface area contributed by atoms with Gasteiger partial charge < -0.3 is 20.6 Å². The molecule has 1 aliphatic rings. The van der Waals surface area contributed by atoms with Crippen molar-refractivity contribution in [2.75, 3.05) is 26.7 Å². The summed E-state index contributed by atoms with van der Waals surface area (Å²) in [4.78, 5) is 34.4. The van der Waals surface area contributed by atoms with Crippen molar-refractivity contribution in [3.8, 4) is 0 Å². The number of carboxylic acid groups (broad SMARTS) is 1. The second kappa shape index (κ2) is 6.07. The van der Waals surface area contributed by atoms with E-state index in [0.717, 1.165) is 12.8 Å². The zero-order valence-corrected chi connectivity index (χ0v) is 9.73. The van der Waals surface area contributed by atoms with Crippen molar-refractivity contribution in [3.05, 3.63) is 0 Å². The van der Waals surface area contributed by atoms with E-state index in [4.69, 9.17) is 5.11 Å². The standard InChI is InChI=1S/C10H17N3O4/c1-11-8(14)4-12-10(17)13(6-9(15)16)5-7-2-3-7/h7H,2-6H2,1H3,(H,11,14)(H,12,17)(H,15,16). The van der Waals surface area contributed by atoms with Gasteiger partial charge in [-0.1, -0.05) is 0 Å². The van der Waals surface area contributed by atoms with Crippen LogP contribution in [-0.2, 0) is 9.59 Å². The van der Waals surface area contributed by atoms with Crippen LogP contribution >= 0.6 is 0 Å². The Kier molecular flexibility index (Phi) is 4.74. The SMILES string of the molecule is CNC(=O)CNC(=O)N(CC(=O)O)CC1CC1. The molecular formula is C10H17N3O4. The van der Waals surface area contributed by atoms with Crippen LogP contribution in [0.5, 0.6) is 0 Å². The third-order valence-electron chi connectivity index (χ3n) is 2.47. The van der Waals surface area contributed by atoms with E-state index in [-0.39, 0.29) is 19.0 Å². The van der Waals surface area contributed by atoms with Crippen LogP contribution in [-0.4, -0.2) is 54.6 Å². The van der Waals surface area contributed by atoms with Gasteiger partial charge in [0.15, 0.2) is 0 Å². The van der Waals surface area contributed by atoms with Crippen LogP contribution in [0.1, 0.15) is 12.8 Å². The van der Waals surface area contributed by atoms with Crippen molar-refractivity contribution < 1.29 is 19.5 Å². The first kappa shape index (κ1) is 13.3. The first-order valence-corrected chi connectivity index (χ1v) is 5.48. The molecular weight excluding hydrogens is 226 g/mol. The number of carbonyl (C=O) groups is 3. The third kappa shape index (κ3) is 5.19. The predicted molar refractivity (Wildman–Crippen MR) is 59.4 cm³/mol. The van der Waals surface area contributed by atoms with Crippen LogP contribution in [0, 0.1) is 5.92 Å². The van der Waals surface area contributed by atoms with E-state index in [2.05, 4.69) is 10.6 Å².